The lowest BCUT2D eigenvalue weighted by Crippen LogP contribution is -2.40. The molecule has 114 valence electrons. The maximum Gasteiger partial charge on any atom is 0.122 e. The van der Waals surface area contributed by atoms with E-state index in [2.05, 4.69) is 36.9 Å². The molecule has 1 atom stereocenters. The summed E-state index contributed by atoms with van der Waals surface area (Å²) in [6.07, 6.45) is 6.12. The van der Waals surface area contributed by atoms with Crippen LogP contribution < -0.4 is 4.74 Å². The fourth-order valence-corrected chi connectivity index (χ4v) is 3.31. The molecule has 0 amide bonds. The average Bonchev–Trinajstić information content (AvgIpc) is 2.45. The van der Waals surface area contributed by atoms with Crippen molar-refractivity contribution in [3.63, 3.8) is 0 Å². The zero-order valence-electron chi connectivity index (χ0n) is 13.0. The Kier molecular flexibility index (Phi) is 7.39. The molecule has 0 saturated heterocycles. The number of halogens is 1. The van der Waals surface area contributed by atoms with E-state index in [0.29, 0.717) is 0 Å². The molecule has 0 aliphatic heterocycles. The Bertz CT molecular complexity index is 402. The fourth-order valence-electron chi connectivity index (χ4n) is 3.31. The van der Waals surface area contributed by atoms with E-state index in [0.717, 1.165) is 18.2 Å². The summed E-state index contributed by atoms with van der Waals surface area (Å²) in [5.74, 6) is 1.08. The quantitative estimate of drug-likeness (QED) is 0.784. The van der Waals surface area contributed by atoms with Crippen molar-refractivity contribution in [2.75, 3.05) is 20.2 Å². The molecule has 1 aromatic rings. The van der Waals surface area contributed by atoms with Gasteiger partial charge in [0.1, 0.15) is 5.75 Å². The average molecular weight is 298 g/mol. The van der Waals surface area contributed by atoms with Crippen LogP contribution in [0.15, 0.2) is 18.2 Å². The lowest BCUT2D eigenvalue weighted by Gasteiger charge is -2.35. The third-order valence-electron chi connectivity index (χ3n) is 4.17. The Morgan fingerprint density at radius 3 is 2.50 bits per heavy atom. The van der Waals surface area contributed by atoms with Crippen molar-refractivity contribution < 1.29 is 4.74 Å². The van der Waals surface area contributed by atoms with Gasteiger partial charge in [0.25, 0.3) is 0 Å². The van der Waals surface area contributed by atoms with E-state index in [-0.39, 0.29) is 12.4 Å². The molecular weight excluding hydrogens is 270 g/mol. The topological polar surface area (TPSA) is 12.5 Å². The SMILES string of the molecule is CCCN(CCC)C1CCc2c(cccc2OC)C1.Cl. The molecule has 0 N–H and O–H groups in total. The third-order valence-corrected chi connectivity index (χ3v) is 4.17. The molecule has 1 aliphatic rings. The van der Waals surface area contributed by atoms with Crippen LogP contribution >= 0.6 is 12.4 Å². The normalized spacial score (nSPS) is 17.5. The molecular formula is C17H28ClNO. The van der Waals surface area contributed by atoms with Crippen molar-refractivity contribution in [2.24, 2.45) is 0 Å². The lowest BCUT2D eigenvalue weighted by atomic mass is 9.86. The minimum atomic E-state index is 0. The van der Waals surface area contributed by atoms with Crippen molar-refractivity contribution in [3.8, 4) is 5.75 Å². The second kappa shape index (κ2) is 8.53. The number of rotatable bonds is 6. The second-order valence-corrected chi connectivity index (χ2v) is 5.53. The molecule has 0 heterocycles. The van der Waals surface area contributed by atoms with Crippen LogP contribution in [-0.2, 0) is 12.8 Å². The maximum absolute atomic E-state index is 5.49. The first kappa shape index (κ1) is 17.3. The first-order valence-electron chi connectivity index (χ1n) is 7.68. The van der Waals surface area contributed by atoms with Gasteiger partial charge in [-0.2, -0.15) is 0 Å². The summed E-state index contributed by atoms with van der Waals surface area (Å²) in [5, 5.41) is 0. The Balaban J connectivity index is 0.00000200. The van der Waals surface area contributed by atoms with Crippen molar-refractivity contribution in [1.29, 1.82) is 0 Å². The van der Waals surface area contributed by atoms with Crippen LogP contribution in [-0.4, -0.2) is 31.1 Å². The molecule has 0 radical (unpaired) electrons. The summed E-state index contributed by atoms with van der Waals surface area (Å²) in [6, 6.07) is 7.22. The lowest BCUT2D eigenvalue weighted by molar-refractivity contribution is 0.179. The van der Waals surface area contributed by atoms with Crippen LogP contribution in [0.25, 0.3) is 0 Å². The summed E-state index contributed by atoms with van der Waals surface area (Å²) in [4.78, 5) is 2.68. The highest BCUT2D eigenvalue weighted by molar-refractivity contribution is 5.85. The van der Waals surface area contributed by atoms with Gasteiger partial charge in [0, 0.05) is 6.04 Å². The number of methoxy groups -OCH3 is 1. The Morgan fingerprint density at radius 1 is 1.20 bits per heavy atom. The van der Waals surface area contributed by atoms with Gasteiger partial charge in [0.05, 0.1) is 7.11 Å². The molecule has 0 aromatic heterocycles. The number of ether oxygens (including phenoxy) is 1. The van der Waals surface area contributed by atoms with Crippen LogP contribution in [0.1, 0.15) is 44.2 Å². The van der Waals surface area contributed by atoms with Gasteiger partial charge in [-0.3, -0.25) is 0 Å². The van der Waals surface area contributed by atoms with Gasteiger partial charge >= 0.3 is 0 Å². The molecule has 0 spiro atoms. The minimum absolute atomic E-state index is 0. The van der Waals surface area contributed by atoms with E-state index in [4.69, 9.17) is 4.74 Å². The van der Waals surface area contributed by atoms with E-state index >= 15 is 0 Å². The van der Waals surface area contributed by atoms with Crippen molar-refractivity contribution in [2.45, 2.75) is 52.0 Å². The molecule has 0 saturated carbocycles. The Hall–Kier alpha value is -0.730. The molecule has 1 aromatic carbocycles. The summed E-state index contributed by atoms with van der Waals surface area (Å²) >= 11 is 0. The van der Waals surface area contributed by atoms with Gasteiger partial charge in [0.2, 0.25) is 0 Å². The second-order valence-electron chi connectivity index (χ2n) is 5.53. The first-order valence-corrected chi connectivity index (χ1v) is 7.68. The number of nitrogens with zero attached hydrogens (tertiary/aromatic N) is 1. The summed E-state index contributed by atoms with van der Waals surface area (Å²) in [7, 11) is 1.78. The Morgan fingerprint density at radius 2 is 1.90 bits per heavy atom. The summed E-state index contributed by atoms with van der Waals surface area (Å²) in [5.41, 5.74) is 2.93. The highest BCUT2D eigenvalue weighted by Gasteiger charge is 2.24. The predicted octanol–water partition coefficient (Wildman–Crippen LogP) is 4.10. The summed E-state index contributed by atoms with van der Waals surface area (Å²) in [6.45, 7) is 7.03. The van der Waals surface area contributed by atoms with Crippen LogP contribution in [0, 0.1) is 0 Å². The zero-order valence-corrected chi connectivity index (χ0v) is 13.8. The van der Waals surface area contributed by atoms with Crippen molar-refractivity contribution >= 4 is 12.4 Å². The highest BCUT2D eigenvalue weighted by Crippen LogP contribution is 2.31. The highest BCUT2D eigenvalue weighted by atomic mass is 35.5. The molecule has 1 unspecified atom stereocenters. The minimum Gasteiger partial charge on any atom is -0.496 e. The number of hydrogen-bond acceptors (Lipinski definition) is 2. The molecule has 0 fully saturated rings. The first-order chi connectivity index (χ1) is 9.30. The van der Waals surface area contributed by atoms with E-state index < -0.39 is 0 Å². The standard InChI is InChI=1S/C17H27NO.ClH/c1-4-11-18(12-5-2)15-9-10-16-14(13-15)7-6-8-17(16)19-3;/h6-8,15H,4-5,9-13H2,1-3H3;1H. The van der Waals surface area contributed by atoms with Gasteiger partial charge in [0.15, 0.2) is 0 Å². The van der Waals surface area contributed by atoms with E-state index in [1.807, 2.05) is 0 Å². The van der Waals surface area contributed by atoms with Crippen LogP contribution in [0.3, 0.4) is 0 Å². The van der Waals surface area contributed by atoms with Gasteiger partial charge < -0.3 is 9.64 Å². The van der Waals surface area contributed by atoms with Crippen molar-refractivity contribution in [1.82, 2.24) is 4.90 Å². The zero-order chi connectivity index (χ0) is 13.7. The van der Waals surface area contributed by atoms with Crippen LogP contribution in [0.5, 0.6) is 5.75 Å². The van der Waals surface area contributed by atoms with Gasteiger partial charge in [-0.25, -0.2) is 0 Å². The van der Waals surface area contributed by atoms with E-state index in [1.54, 1.807) is 7.11 Å². The fraction of sp³-hybridized carbons (Fsp3) is 0.647. The molecule has 3 heteroatoms. The molecule has 20 heavy (non-hydrogen) atoms. The number of hydrogen-bond donors (Lipinski definition) is 0. The van der Waals surface area contributed by atoms with E-state index in [9.17, 15) is 0 Å². The Labute approximate surface area is 129 Å². The van der Waals surface area contributed by atoms with Crippen LogP contribution in [0.2, 0.25) is 0 Å². The largest absolute Gasteiger partial charge is 0.496 e. The van der Waals surface area contributed by atoms with Gasteiger partial charge in [-0.1, -0.05) is 26.0 Å². The molecule has 1 aliphatic carbocycles. The van der Waals surface area contributed by atoms with Crippen LogP contribution in [0.4, 0.5) is 0 Å². The molecule has 2 rings (SSSR count). The van der Waals surface area contributed by atoms with Crippen molar-refractivity contribution in [3.05, 3.63) is 29.3 Å². The monoisotopic (exact) mass is 297 g/mol. The molecule has 0 bridgehead atoms. The molecule has 2 nitrogen and oxygen atoms in total. The van der Waals surface area contributed by atoms with Gasteiger partial charge in [-0.15, -0.1) is 12.4 Å². The number of fused-ring (bicyclic) bond motifs is 1. The number of benzene rings is 1. The maximum atomic E-state index is 5.49. The van der Waals surface area contributed by atoms with Gasteiger partial charge in [-0.05, 0) is 62.4 Å². The third kappa shape index (κ3) is 3.89. The smallest absolute Gasteiger partial charge is 0.122 e. The van der Waals surface area contributed by atoms with E-state index in [1.165, 1.54) is 49.9 Å². The predicted molar refractivity (Wildman–Crippen MR) is 88.2 cm³/mol. The summed E-state index contributed by atoms with van der Waals surface area (Å²) < 4.78 is 5.49.